The molecule has 1 saturated heterocycles. The minimum absolute atomic E-state index is 0.198. The van der Waals surface area contributed by atoms with E-state index in [0.717, 1.165) is 63.0 Å². The van der Waals surface area contributed by atoms with Gasteiger partial charge in [-0.15, -0.1) is 0 Å². The summed E-state index contributed by atoms with van der Waals surface area (Å²) in [6, 6.07) is 20.9. The lowest BCUT2D eigenvalue weighted by atomic mass is 10.0. The number of thiocarbonyl (C=S) groups is 1. The minimum atomic E-state index is -0.198. The Morgan fingerprint density at radius 2 is 1.72 bits per heavy atom. The maximum atomic E-state index is 13.7. The fourth-order valence-electron chi connectivity index (χ4n) is 5.63. The van der Waals surface area contributed by atoms with Crippen LogP contribution >= 0.6 is 12.2 Å². The van der Waals surface area contributed by atoms with E-state index < -0.39 is 0 Å². The molecule has 47 heavy (non-hydrogen) atoms. The third kappa shape index (κ3) is 10.00. The van der Waals surface area contributed by atoms with Crippen LogP contribution in [-0.4, -0.2) is 87.1 Å². The molecule has 1 heterocycles. The molecule has 0 saturated carbocycles. The number of piperazine rings is 1. The molecular formula is C37H49N5O4S. The highest BCUT2D eigenvalue weighted by Crippen LogP contribution is 2.31. The fraction of sp³-hybridized carbons (Fsp3) is 0.432. The molecule has 3 N–H and O–H groups in total. The molecule has 0 bridgehead atoms. The molecule has 4 rings (SSSR count). The highest BCUT2D eigenvalue weighted by molar-refractivity contribution is 7.81. The normalized spacial score (nSPS) is 13.9. The monoisotopic (exact) mass is 659 g/mol. The van der Waals surface area contributed by atoms with E-state index in [4.69, 9.17) is 27.4 Å². The molecule has 3 aromatic rings. The zero-order valence-corrected chi connectivity index (χ0v) is 29.0. The molecule has 3 aromatic carbocycles. The summed E-state index contributed by atoms with van der Waals surface area (Å²) in [5, 5.41) is 3.30. The van der Waals surface area contributed by atoms with Gasteiger partial charge in [0.2, 0.25) is 5.91 Å². The number of methoxy groups -OCH3 is 1. The first-order chi connectivity index (χ1) is 22.7. The van der Waals surface area contributed by atoms with Crippen molar-refractivity contribution in [2.75, 3.05) is 70.8 Å². The fourth-order valence-corrected chi connectivity index (χ4v) is 5.94. The number of ether oxygens (including phenoxy) is 2. The number of nitrogens with zero attached hydrogens (tertiary/aromatic N) is 3. The van der Waals surface area contributed by atoms with Crippen molar-refractivity contribution in [3.8, 4) is 11.5 Å². The molecular weight excluding hydrogens is 611 g/mol. The molecule has 9 nitrogen and oxygen atoms in total. The summed E-state index contributed by atoms with van der Waals surface area (Å²) in [5.41, 5.74) is 9.63. The molecule has 252 valence electrons. The van der Waals surface area contributed by atoms with Gasteiger partial charge in [-0.05, 0) is 81.1 Å². The highest BCUT2D eigenvalue weighted by atomic mass is 32.1. The van der Waals surface area contributed by atoms with Crippen LogP contribution < -0.4 is 25.4 Å². The molecule has 1 aliphatic heterocycles. The van der Waals surface area contributed by atoms with Gasteiger partial charge in [0.25, 0.3) is 5.91 Å². The quantitative estimate of drug-likeness (QED) is 0.203. The summed E-state index contributed by atoms with van der Waals surface area (Å²) >= 11 is 5.75. The Labute approximate surface area is 285 Å². The van der Waals surface area contributed by atoms with Crippen molar-refractivity contribution in [2.45, 2.75) is 39.0 Å². The first kappa shape index (κ1) is 35.9. The molecule has 1 fully saturated rings. The third-order valence-corrected chi connectivity index (χ3v) is 9.04. The maximum absolute atomic E-state index is 13.7. The summed E-state index contributed by atoms with van der Waals surface area (Å²) in [5.74, 6) is 1.52. The van der Waals surface area contributed by atoms with E-state index in [1.165, 1.54) is 0 Å². The summed E-state index contributed by atoms with van der Waals surface area (Å²) in [4.78, 5) is 32.7. The van der Waals surface area contributed by atoms with Crippen LogP contribution in [0.15, 0.2) is 66.7 Å². The van der Waals surface area contributed by atoms with Gasteiger partial charge >= 0.3 is 0 Å². The molecule has 0 aliphatic carbocycles. The molecule has 2 amide bonds. The average Bonchev–Trinajstić information content (AvgIpc) is 3.09. The van der Waals surface area contributed by atoms with Crippen molar-refractivity contribution in [1.29, 1.82) is 0 Å². The lowest BCUT2D eigenvalue weighted by Gasteiger charge is -2.32. The number of para-hydroxylation sites is 2. The van der Waals surface area contributed by atoms with Crippen LogP contribution in [0.1, 0.15) is 54.1 Å². The van der Waals surface area contributed by atoms with Crippen molar-refractivity contribution in [3.05, 3.63) is 83.4 Å². The Morgan fingerprint density at radius 1 is 1.00 bits per heavy atom. The zero-order chi connectivity index (χ0) is 33.8. The van der Waals surface area contributed by atoms with E-state index in [2.05, 4.69) is 30.3 Å². The first-order valence-corrected chi connectivity index (χ1v) is 16.9. The Bertz CT molecular complexity index is 1510. The van der Waals surface area contributed by atoms with Crippen LogP contribution in [0.3, 0.4) is 0 Å². The van der Waals surface area contributed by atoms with Gasteiger partial charge in [-0.3, -0.25) is 9.59 Å². The molecule has 0 spiro atoms. The largest absolute Gasteiger partial charge is 0.495 e. The van der Waals surface area contributed by atoms with Crippen molar-refractivity contribution in [3.63, 3.8) is 0 Å². The van der Waals surface area contributed by atoms with Gasteiger partial charge in [0, 0.05) is 50.8 Å². The van der Waals surface area contributed by atoms with Crippen LogP contribution in [0.2, 0.25) is 0 Å². The van der Waals surface area contributed by atoms with E-state index in [0.29, 0.717) is 58.9 Å². The summed E-state index contributed by atoms with van der Waals surface area (Å²) in [6.45, 7) is 6.74. The standard InChI is InChI=1S/C37H49N5O4S/c1-27(15-18-35(43)42-23-21-40(2)22-24-42)19-25-46-33-14-8-7-13-32(33)41(3)37(44)29-16-17-31(34(26-29)45-4)39-36(47)30-12-6-5-10-28(30)11-9-20-38/h5-8,10,12-14,16-17,26-27H,9,11,15,18-25,38H2,1-4H3,(H,39,47). The van der Waals surface area contributed by atoms with Gasteiger partial charge in [0.1, 0.15) is 16.5 Å². The number of carbonyl (C=O) groups is 2. The second kappa shape index (κ2) is 17.8. The number of benzene rings is 3. The maximum Gasteiger partial charge on any atom is 0.258 e. The number of rotatable bonds is 15. The van der Waals surface area contributed by atoms with Crippen LogP contribution in [0.5, 0.6) is 11.5 Å². The number of amides is 2. The van der Waals surface area contributed by atoms with Crippen LogP contribution in [-0.2, 0) is 11.2 Å². The number of likely N-dealkylation sites (N-methyl/N-ethyl adjacent to an activating group) is 1. The van der Waals surface area contributed by atoms with Crippen molar-refractivity contribution >= 4 is 40.4 Å². The molecule has 1 aliphatic rings. The molecule has 0 aromatic heterocycles. The van der Waals surface area contributed by atoms with Crippen LogP contribution in [0, 0.1) is 5.92 Å². The second-order valence-electron chi connectivity index (χ2n) is 12.2. The summed E-state index contributed by atoms with van der Waals surface area (Å²) in [6.07, 6.45) is 3.91. The predicted octanol–water partition coefficient (Wildman–Crippen LogP) is 5.61. The highest BCUT2D eigenvalue weighted by Gasteiger charge is 2.21. The van der Waals surface area contributed by atoms with Crippen molar-refractivity contribution < 1.29 is 19.1 Å². The minimum Gasteiger partial charge on any atom is -0.495 e. The number of hydrogen-bond donors (Lipinski definition) is 2. The van der Waals surface area contributed by atoms with Gasteiger partial charge in [0.15, 0.2) is 0 Å². The van der Waals surface area contributed by atoms with Gasteiger partial charge in [-0.1, -0.05) is 55.5 Å². The second-order valence-corrected chi connectivity index (χ2v) is 12.6. The van der Waals surface area contributed by atoms with E-state index in [9.17, 15) is 9.59 Å². The van der Waals surface area contributed by atoms with Crippen LogP contribution in [0.4, 0.5) is 11.4 Å². The molecule has 0 radical (unpaired) electrons. The number of nitrogens with one attached hydrogen (secondary N) is 1. The number of hydrogen-bond acceptors (Lipinski definition) is 7. The van der Waals surface area contributed by atoms with Crippen molar-refractivity contribution in [2.24, 2.45) is 11.7 Å². The lowest BCUT2D eigenvalue weighted by molar-refractivity contribution is -0.133. The number of aryl methyl sites for hydroxylation is 1. The van der Waals surface area contributed by atoms with Gasteiger partial charge < -0.3 is 35.2 Å². The Balaban J connectivity index is 1.35. The van der Waals surface area contributed by atoms with Crippen molar-refractivity contribution in [1.82, 2.24) is 9.80 Å². The molecule has 10 heteroatoms. The SMILES string of the molecule is COc1cc(C(=O)N(C)c2ccccc2OCCC(C)CCC(=O)N2CCN(C)CC2)ccc1NC(=S)c1ccccc1CCCN. The third-order valence-electron chi connectivity index (χ3n) is 8.72. The van der Waals surface area contributed by atoms with E-state index in [1.54, 1.807) is 31.2 Å². The Morgan fingerprint density at radius 3 is 2.47 bits per heavy atom. The smallest absolute Gasteiger partial charge is 0.258 e. The predicted molar refractivity (Wildman–Crippen MR) is 194 cm³/mol. The van der Waals surface area contributed by atoms with E-state index >= 15 is 0 Å². The Kier molecular flexibility index (Phi) is 13.6. The first-order valence-electron chi connectivity index (χ1n) is 16.4. The van der Waals surface area contributed by atoms with Gasteiger partial charge in [-0.25, -0.2) is 0 Å². The summed E-state index contributed by atoms with van der Waals surface area (Å²) < 4.78 is 11.8. The lowest BCUT2D eigenvalue weighted by Crippen LogP contribution is -2.47. The zero-order valence-electron chi connectivity index (χ0n) is 28.2. The van der Waals surface area contributed by atoms with E-state index in [1.807, 2.05) is 53.4 Å². The van der Waals surface area contributed by atoms with Crippen LogP contribution in [0.25, 0.3) is 0 Å². The van der Waals surface area contributed by atoms with Gasteiger partial charge in [0.05, 0.1) is 25.1 Å². The molecule has 1 atom stereocenters. The summed E-state index contributed by atoms with van der Waals surface area (Å²) in [7, 11) is 5.40. The number of carbonyl (C=O) groups excluding carboxylic acids is 2. The topological polar surface area (TPSA) is 100 Å². The average molecular weight is 660 g/mol. The Hall–Kier alpha value is -3.99. The number of anilines is 2. The van der Waals surface area contributed by atoms with E-state index in [-0.39, 0.29) is 11.8 Å². The molecule has 1 unspecified atom stereocenters. The van der Waals surface area contributed by atoms with Gasteiger partial charge in [-0.2, -0.15) is 0 Å². The number of nitrogens with two attached hydrogens (primary N) is 1.